The summed E-state index contributed by atoms with van der Waals surface area (Å²) in [5.41, 5.74) is 5.50. The summed E-state index contributed by atoms with van der Waals surface area (Å²) in [5.74, 6) is 1.96. The number of hydrogen-bond acceptors (Lipinski definition) is 4. The van der Waals surface area contributed by atoms with Gasteiger partial charge in [0.1, 0.15) is 17.3 Å². The number of benzene rings is 4. The van der Waals surface area contributed by atoms with E-state index in [4.69, 9.17) is 8.85 Å². The highest BCUT2D eigenvalue weighted by atomic mass is 16.5. The molecule has 1 aliphatic rings. The zero-order chi connectivity index (χ0) is 27.4. The van der Waals surface area contributed by atoms with Gasteiger partial charge in [0.05, 0.1) is 29.1 Å². The molecule has 5 heteroatoms. The molecular weight excluding hydrogens is 456 g/mol. The molecule has 4 aromatic carbocycles. The first-order valence-corrected chi connectivity index (χ1v) is 12.2. The lowest BCUT2D eigenvalue weighted by Crippen LogP contribution is -2.23. The van der Waals surface area contributed by atoms with Gasteiger partial charge in [-0.05, 0) is 67.0 Å². The molecule has 0 fully saturated rings. The Balaban J connectivity index is 1.29. The molecule has 2 aromatic heterocycles. The van der Waals surface area contributed by atoms with Gasteiger partial charge in [-0.15, -0.1) is 0 Å². The van der Waals surface area contributed by atoms with Crippen molar-refractivity contribution < 1.29 is 8.85 Å². The fourth-order valence-corrected chi connectivity index (χ4v) is 5.25. The van der Waals surface area contributed by atoms with E-state index in [0.29, 0.717) is 11.6 Å². The minimum atomic E-state index is -2.22. The van der Waals surface area contributed by atoms with Crippen molar-refractivity contribution in [3.05, 3.63) is 115 Å². The van der Waals surface area contributed by atoms with Crippen LogP contribution in [0.2, 0.25) is 0 Å². The smallest absolute Gasteiger partial charge is 0.137 e. The second kappa shape index (κ2) is 8.42. The largest absolute Gasteiger partial charge is 0.457 e. The fourth-order valence-electron chi connectivity index (χ4n) is 5.25. The number of fused-ring (bicyclic) bond motifs is 4. The van der Waals surface area contributed by atoms with Crippen LogP contribution in [0.25, 0.3) is 27.6 Å². The topological polar surface area (TPSA) is 33.5 Å². The van der Waals surface area contributed by atoms with Crippen LogP contribution in [-0.2, 0) is 0 Å². The molecule has 0 atom stereocenters. The van der Waals surface area contributed by atoms with Gasteiger partial charge in [0.2, 0.25) is 0 Å². The molecule has 3 heterocycles. The van der Waals surface area contributed by atoms with E-state index in [1.165, 1.54) is 11.4 Å². The quantitative estimate of drug-likeness (QED) is 0.255. The van der Waals surface area contributed by atoms with Crippen LogP contribution in [0.4, 0.5) is 17.1 Å². The molecule has 0 radical (unpaired) electrons. The van der Waals surface area contributed by atoms with Crippen molar-refractivity contribution in [2.45, 2.75) is 6.85 Å². The van der Waals surface area contributed by atoms with Crippen LogP contribution < -0.4 is 14.5 Å². The molecule has 0 saturated carbocycles. The van der Waals surface area contributed by atoms with E-state index in [1.54, 1.807) is 18.3 Å². The number of pyridine rings is 1. The molecule has 0 amide bonds. The van der Waals surface area contributed by atoms with E-state index >= 15 is 0 Å². The Morgan fingerprint density at radius 2 is 1.57 bits per heavy atom. The minimum absolute atomic E-state index is 0.252. The molecule has 0 bridgehead atoms. The Hall–Kier alpha value is -4.77. The maximum Gasteiger partial charge on any atom is 0.137 e. The molecule has 0 aliphatic carbocycles. The van der Waals surface area contributed by atoms with Gasteiger partial charge in [-0.2, -0.15) is 0 Å². The number of aromatic nitrogens is 2. The van der Waals surface area contributed by atoms with Crippen LogP contribution in [0.1, 0.15) is 9.68 Å². The average molecular weight is 486 g/mol. The number of nitrogens with zero attached hydrogens (tertiary/aromatic N) is 4. The van der Waals surface area contributed by atoms with Crippen LogP contribution in [0, 0.1) is 6.85 Å². The van der Waals surface area contributed by atoms with E-state index in [1.807, 2.05) is 53.1 Å². The van der Waals surface area contributed by atoms with E-state index in [9.17, 15) is 0 Å². The second-order valence-electron chi connectivity index (χ2n) is 9.29. The number of rotatable bonds is 4. The SMILES string of the molecule is [2H]C([2H])([2H])c1ccnc(-n2c3ccccc3c3ccc(Oc4cccc(N5CN(C)c6ccccc65)c4)cc32)c1. The molecule has 0 saturated heterocycles. The van der Waals surface area contributed by atoms with Crippen LogP contribution in [0.15, 0.2) is 109 Å². The van der Waals surface area contributed by atoms with Gasteiger partial charge in [-0.25, -0.2) is 4.98 Å². The highest BCUT2D eigenvalue weighted by molar-refractivity contribution is 6.09. The third-order valence-electron chi connectivity index (χ3n) is 6.92. The van der Waals surface area contributed by atoms with Gasteiger partial charge < -0.3 is 14.5 Å². The van der Waals surface area contributed by atoms with Crippen molar-refractivity contribution in [2.75, 3.05) is 23.5 Å². The number of ether oxygens (including phenoxy) is 1. The highest BCUT2D eigenvalue weighted by Crippen LogP contribution is 2.41. The van der Waals surface area contributed by atoms with E-state index < -0.39 is 6.85 Å². The van der Waals surface area contributed by atoms with Gasteiger partial charge in [-0.1, -0.05) is 36.4 Å². The fraction of sp³-hybridized carbons (Fsp3) is 0.0938. The monoisotopic (exact) mass is 485 g/mol. The van der Waals surface area contributed by atoms with E-state index in [2.05, 4.69) is 64.3 Å². The molecule has 5 nitrogen and oxygen atoms in total. The van der Waals surface area contributed by atoms with Crippen molar-refractivity contribution in [3.8, 4) is 17.3 Å². The van der Waals surface area contributed by atoms with Gasteiger partial charge >= 0.3 is 0 Å². The Labute approximate surface area is 220 Å². The molecule has 0 spiro atoms. The third kappa shape index (κ3) is 3.59. The van der Waals surface area contributed by atoms with Gasteiger partial charge in [0.15, 0.2) is 0 Å². The first-order chi connectivity index (χ1) is 19.4. The lowest BCUT2D eigenvalue weighted by molar-refractivity contribution is 0.483. The first-order valence-electron chi connectivity index (χ1n) is 13.7. The summed E-state index contributed by atoms with van der Waals surface area (Å²) >= 11 is 0. The average Bonchev–Trinajstić information content (AvgIpc) is 3.47. The summed E-state index contributed by atoms with van der Waals surface area (Å²) in [5, 5.41) is 2.10. The molecule has 6 aromatic rings. The Morgan fingerprint density at radius 1 is 0.757 bits per heavy atom. The Kier molecular flexibility index (Phi) is 4.21. The minimum Gasteiger partial charge on any atom is -0.457 e. The van der Waals surface area contributed by atoms with Crippen molar-refractivity contribution in [2.24, 2.45) is 0 Å². The van der Waals surface area contributed by atoms with Crippen molar-refractivity contribution in [3.63, 3.8) is 0 Å². The summed E-state index contributed by atoms with van der Waals surface area (Å²) in [6, 6.07) is 33.7. The normalized spacial score (nSPS) is 14.5. The number of aryl methyl sites for hydroxylation is 1. The van der Waals surface area contributed by atoms with Crippen LogP contribution in [-0.4, -0.2) is 23.3 Å². The summed E-state index contributed by atoms with van der Waals surface area (Å²) in [6.07, 6.45) is 1.55. The molecule has 0 unspecified atom stereocenters. The number of hydrogen-bond donors (Lipinski definition) is 0. The van der Waals surface area contributed by atoms with E-state index in [-0.39, 0.29) is 5.56 Å². The van der Waals surface area contributed by atoms with Gasteiger partial charge in [0.25, 0.3) is 0 Å². The third-order valence-corrected chi connectivity index (χ3v) is 6.92. The summed E-state index contributed by atoms with van der Waals surface area (Å²) in [6.45, 7) is -1.46. The van der Waals surface area contributed by atoms with Gasteiger partial charge in [-0.3, -0.25) is 4.57 Å². The summed E-state index contributed by atoms with van der Waals surface area (Å²) < 4.78 is 32.0. The molecule has 0 N–H and O–H groups in total. The first kappa shape index (κ1) is 18.5. The van der Waals surface area contributed by atoms with Crippen LogP contribution in [0.5, 0.6) is 11.5 Å². The maximum atomic E-state index is 7.88. The zero-order valence-electron chi connectivity index (χ0n) is 23.3. The second-order valence-corrected chi connectivity index (χ2v) is 9.29. The Morgan fingerprint density at radius 3 is 2.49 bits per heavy atom. The standard InChI is InChI=1S/C32H26N4O/c1-22-16-17-33-32(18-22)36-28-11-4-3-10-26(28)27-15-14-25(20-31(27)36)37-24-9-7-8-23(19-24)35-21-34(2)29-12-5-6-13-30(29)35/h3-20H,21H2,1-2H3/i1D3. The predicted molar refractivity (Wildman–Crippen MR) is 152 cm³/mol. The lowest BCUT2D eigenvalue weighted by Gasteiger charge is -2.20. The lowest BCUT2D eigenvalue weighted by atomic mass is 10.1. The van der Waals surface area contributed by atoms with Crippen molar-refractivity contribution in [1.29, 1.82) is 0 Å². The molecule has 180 valence electrons. The van der Waals surface area contributed by atoms with Crippen molar-refractivity contribution in [1.82, 2.24) is 9.55 Å². The zero-order valence-corrected chi connectivity index (χ0v) is 20.3. The molecule has 1 aliphatic heterocycles. The Bertz CT molecular complexity index is 1900. The highest BCUT2D eigenvalue weighted by Gasteiger charge is 2.24. The van der Waals surface area contributed by atoms with Crippen LogP contribution in [0.3, 0.4) is 0 Å². The molecular formula is C32H26N4O. The van der Waals surface area contributed by atoms with E-state index in [0.717, 1.165) is 39.9 Å². The van der Waals surface area contributed by atoms with Gasteiger partial charge in [0, 0.05) is 45.9 Å². The number of anilines is 3. The molecule has 37 heavy (non-hydrogen) atoms. The predicted octanol–water partition coefficient (Wildman–Crippen LogP) is 7.82. The number of para-hydroxylation sites is 3. The summed E-state index contributed by atoms with van der Waals surface area (Å²) in [4.78, 5) is 9.05. The molecule has 7 rings (SSSR count). The van der Waals surface area contributed by atoms with Crippen LogP contribution >= 0.6 is 0 Å². The summed E-state index contributed by atoms with van der Waals surface area (Å²) in [7, 11) is 2.09. The van der Waals surface area contributed by atoms with Crippen molar-refractivity contribution >= 4 is 38.9 Å². The maximum absolute atomic E-state index is 7.88.